The summed E-state index contributed by atoms with van der Waals surface area (Å²) in [6.07, 6.45) is 5.41. The van der Waals surface area contributed by atoms with Gasteiger partial charge in [-0.05, 0) is 61.7 Å². The molecule has 1 fully saturated rings. The minimum Gasteiger partial charge on any atom is -0.360 e. The summed E-state index contributed by atoms with van der Waals surface area (Å²) >= 11 is 0. The summed E-state index contributed by atoms with van der Waals surface area (Å²) in [5, 5.41) is 13.1. The summed E-state index contributed by atoms with van der Waals surface area (Å²) in [6, 6.07) is 14.7. The van der Waals surface area contributed by atoms with Gasteiger partial charge in [-0.25, -0.2) is 15.0 Å². The molecule has 9 heteroatoms. The second-order valence-electron chi connectivity index (χ2n) is 7.68. The van der Waals surface area contributed by atoms with E-state index in [4.69, 9.17) is 4.52 Å². The van der Waals surface area contributed by atoms with Crippen molar-refractivity contribution in [1.29, 1.82) is 0 Å². The van der Waals surface area contributed by atoms with Crippen LogP contribution in [0.15, 0.2) is 65.6 Å². The number of carbonyl (C=O) groups is 1. The molecule has 0 spiro atoms. The van der Waals surface area contributed by atoms with Crippen LogP contribution in [0.1, 0.15) is 40.6 Å². The quantitative estimate of drug-likeness (QED) is 0.385. The first-order valence-electron chi connectivity index (χ1n) is 10.3. The molecule has 0 bridgehead atoms. The highest BCUT2D eigenvalue weighted by Crippen LogP contribution is 2.40. The van der Waals surface area contributed by atoms with E-state index in [1.54, 1.807) is 30.5 Å². The third-order valence-electron chi connectivity index (χ3n) is 4.99. The van der Waals surface area contributed by atoms with Gasteiger partial charge in [-0.3, -0.25) is 4.79 Å². The Labute approximate surface area is 184 Å². The molecule has 32 heavy (non-hydrogen) atoms. The molecule has 1 aliphatic rings. The van der Waals surface area contributed by atoms with Gasteiger partial charge in [0, 0.05) is 35.6 Å². The Morgan fingerprint density at radius 1 is 0.906 bits per heavy atom. The number of amides is 1. The van der Waals surface area contributed by atoms with Crippen LogP contribution >= 0.6 is 0 Å². The fourth-order valence-electron chi connectivity index (χ4n) is 3.17. The number of aryl methyl sites for hydroxylation is 1. The summed E-state index contributed by atoms with van der Waals surface area (Å²) in [4.78, 5) is 25.1. The molecule has 3 heterocycles. The van der Waals surface area contributed by atoms with Crippen LogP contribution < -0.4 is 16.0 Å². The molecule has 0 aliphatic heterocycles. The smallest absolute Gasteiger partial charge is 0.277 e. The Morgan fingerprint density at radius 2 is 1.62 bits per heavy atom. The maximum absolute atomic E-state index is 12.4. The summed E-state index contributed by atoms with van der Waals surface area (Å²) in [6.45, 7) is 2.00. The number of anilines is 5. The number of nitrogens with zero attached hydrogens (tertiary/aromatic N) is 4. The van der Waals surface area contributed by atoms with Crippen molar-refractivity contribution in [3.05, 3.63) is 78.1 Å². The topological polar surface area (TPSA) is 118 Å². The second kappa shape index (κ2) is 8.46. The number of hydrogen-bond donors (Lipinski definition) is 3. The predicted octanol–water partition coefficient (Wildman–Crippen LogP) is 4.78. The lowest BCUT2D eigenvalue weighted by molar-refractivity contribution is 0.101. The Morgan fingerprint density at radius 3 is 2.38 bits per heavy atom. The zero-order valence-corrected chi connectivity index (χ0v) is 17.4. The van der Waals surface area contributed by atoms with Gasteiger partial charge in [0.25, 0.3) is 5.91 Å². The van der Waals surface area contributed by atoms with Crippen LogP contribution in [0.25, 0.3) is 0 Å². The summed E-state index contributed by atoms with van der Waals surface area (Å²) in [7, 11) is 0. The molecule has 3 N–H and O–H groups in total. The molecular weight excluding hydrogens is 406 g/mol. The van der Waals surface area contributed by atoms with Crippen molar-refractivity contribution in [1.82, 2.24) is 20.1 Å². The molecule has 0 unspecified atom stereocenters. The molecule has 4 aromatic rings. The van der Waals surface area contributed by atoms with Crippen LogP contribution in [0.2, 0.25) is 0 Å². The van der Waals surface area contributed by atoms with Gasteiger partial charge in [-0.1, -0.05) is 5.16 Å². The molecule has 5 rings (SSSR count). The number of hydrogen-bond acceptors (Lipinski definition) is 8. The van der Waals surface area contributed by atoms with E-state index < -0.39 is 0 Å². The molecule has 1 amide bonds. The average Bonchev–Trinajstić information content (AvgIpc) is 3.52. The van der Waals surface area contributed by atoms with Crippen LogP contribution in [0.3, 0.4) is 0 Å². The fraction of sp³-hybridized carbons (Fsp3) is 0.174. The van der Waals surface area contributed by atoms with E-state index in [2.05, 4.69) is 36.1 Å². The van der Waals surface area contributed by atoms with Gasteiger partial charge in [0.2, 0.25) is 0 Å². The van der Waals surface area contributed by atoms with Crippen molar-refractivity contribution in [2.24, 2.45) is 0 Å². The van der Waals surface area contributed by atoms with Crippen molar-refractivity contribution in [3.63, 3.8) is 0 Å². The van der Waals surface area contributed by atoms with E-state index in [0.29, 0.717) is 34.8 Å². The zero-order valence-electron chi connectivity index (χ0n) is 17.4. The number of nitrogens with one attached hydrogen (secondary N) is 3. The normalized spacial score (nSPS) is 12.9. The Kier molecular flexibility index (Phi) is 5.20. The molecule has 0 atom stereocenters. The van der Waals surface area contributed by atoms with Crippen molar-refractivity contribution < 1.29 is 9.32 Å². The minimum atomic E-state index is -0.294. The van der Waals surface area contributed by atoms with Gasteiger partial charge in [0.1, 0.15) is 29.5 Å². The molecule has 3 aromatic heterocycles. The van der Waals surface area contributed by atoms with E-state index in [-0.39, 0.29) is 5.91 Å². The van der Waals surface area contributed by atoms with Crippen LogP contribution in [0.5, 0.6) is 0 Å². The van der Waals surface area contributed by atoms with Gasteiger partial charge < -0.3 is 20.5 Å². The Balaban J connectivity index is 1.21. The van der Waals surface area contributed by atoms with E-state index in [9.17, 15) is 4.79 Å². The number of pyridine rings is 1. The van der Waals surface area contributed by atoms with E-state index in [0.717, 1.165) is 29.9 Å². The first-order valence-corrected chi connectivity index (χ1v) is 10.3. The summed E-state index contributed by atoms with van der Waals surface area (Å²) < 4.78 is 5.24. The highest BCUT2D eigenvalue weighted by Gasteiger charge is 2.28. The lowest BCUT2D eigenvalue weighted by atomic mass is 10.2. The molecule has 0 saturated heterocycles. The van der Waals surface area contributed by atoms with E-state index in [1.165, 1.54) is 6.33 Å². The maximum Gasteiger partial charge on any atom is 0.277 e. The predicted molar refractivity (Wildman–Crippen MR) is 120 cm³/mol. The summed E-state index contributed by atoms with van der Waals surface area (Å²) in [5.41, 5.74) is 2.87. The summed E-state index contributed by atoms with van der Waals surface area (Å²) in [5.74, 6) is 2.88. The van der Waals surface area contributed by atoms with Crippen LogP contribution in [-0.4, -0.2) is 26.0 Å². The standard InChI is InChI=1S/C23H21N7O2/c1-14-8-9-24-20(10-14)29-22-12-21(25-13-26-22)27-16-4-6-17(7-5-16)28-23(31)18-11-19(32-30-18)15-2-3-15/h4-13,15H,2-3H2,1H3,(H,28,31)(H2,24,25,26,27,29). The first kappa shape index (κ1) is 19.7. The van der Waals surface area contributed by atoms with Crippen LogP contribution in [0.4, 0.5) is 28.8 Å². The largest absolute Gasteiger partial charge is 0.360 e. The van der Waals surface area contributed by atoms with Gasteiger partial charge in [0.05, 0.1) is 0 Å². The fourth-order valence-corrected chi connectivity index (χ4v) is 3.17. The SMILES string of the molecule is Cc1ccnc(Nc2cc(Nc3ccc(NC(=O)c4cc(C5CC5)on4)cc3)ncn2)c1. The first-order chi connectivity index (χ1) is 15.6. The lowest BCUT2D eigenvalue weighted by Gasteiger charge is -2.09. The molecule has 160 valence electrons. The highest BCUT2D eigenvalue weighted by atomic mass is 16.5. The van der Waals surface area contributed by atoms with Gasteiger partial charge >= 0.3 is 0 Å². The van der Waals surface area contributed by atoms with Crippen molar-refractivity contribution >= 4 is 34.7 Å². The minimum absolute atomic E-state index is 0.290. The van der Waals surface area contributed by atoms with Crippen molar-refractivity contribution in [3.8, 4) is 0 Å². The molecule has 0 radical (unpaired) electrons. The third kappa shape index (κ3) is 4.72. The average molecular weight is 427 g/mol. The molecule has 1 aliphatic carbocycles. The van der Waals surface area contributed by atoms with E-state index in [1.807, 2.05) is 31.2 Å². The third-order valence-corrected chi connectivity index (χ3v) is 4.99. The number of benzene rings is 1. The van der Waals surface area contributed by atoms with Crippen LogP contribution in [-0.2, 0) is 0 Å². The van der Waals surface area contributed by atoms with E-state index >= 15 is 0 Å². The molecule has 1 saturated carbocycles. The van der Waals surface area contributed by atoms with Gasteiger partial charge in [-0.15, -0.1) is 0 Å². The molecular formula is C23H21N7O2. The van der Waals surface area contributed by atoms with Gasteiger partial charge in [-0.2, -0.15) is 0 Å². The molecule has 1 aromatic carbocycles. The number of aromatic nitrogens is 4. The Hall–Kier alpha value is -4.27. The number of carbonyl (C=O) groups excluding carboxylic acids is 1. The second-order valence-corrected chi connectivity index (χ2v) is 7.68. The maximum atomic E-state index is 12.4. The highest BCUT2D eigenvalue weighted by molar-refractivity contribution is 6.02. The monoisotopic (exact) mass is 427 g/mol. The van der Waals surface area contributed by atoms with Crippen molar-refractivity contribution in [2.75, 3.05) is 16.0 Å². The van der Waals surface area contributed by atoms with Gasteiger partial charge in [0.15, 0.2) is 5.69 Å². The Bertz CT molecular complexity index is 1250. The zero-order chi connectivity index (χ0) is 21.9. The lowest BCUT2D eigenvalue weighted by Crippen LogP contribution is -2.12. The number of rotatable bonds is 7. The van der Waals surface area contributed by atoms with Crippen LogP contribution in [0, 0.1) is 6.92 Å². The van der Waals surface area contributed by atoms with Crippen molar-refractivity contribution in [2.45, 2.75) is 25.7 Å². The molecule has 9 nitrogen and oxygen atoms in total.